The van der Waals surface area contributed by atoms with Gasteiger partial charge < -0.3 is 19.9 Å². The van der Waals surface area contributed by atoms with Crippen LogP contribution in [-0.4, -0.2) is 42.5 Å². The number of fused-ring (bicyclic) bond motifs is 1. The SMILES string of the molecule is CCOC(=O)CCc1cc(F)c(F)cc1[C@@H](CC)OC[C@H](O)CNC(C)(C)CC1Cc2ccccc2C1. The summed E-state index contributed by atoms with van der Waals surface area (Å²) in [6.45, 7) is 8.57. The third kappa shape index (κ3) is 8.59. The molecule has 2 aromatic rings. The van der Waals surface area contributed by atoms with Crippen LogP contribution < -0.4 is 5.32 Å². The van der Waals surface area contributed by atoms with E-state index >= 15 is 0 Å². The van der Waals surface area contributed by atoms with Crippen molar-refractivity contribution >= 4 is 5.97 Å². The minimum Gasteiger partial charge on any atom is -0.466 e. The van der Waals surface area contributed by atoms with Gasteiger partial charge in [0.15, 0.2) is 11.6 Å². The van der Waals surface area contributed by atoms with Gasteiger partial charge in [-0.2, -0.15) is 0 Å². The first-order valence-corrected chi connectivity index (χ1v) is 13.4. The van der Waals surface area contributed by atoms with Gasteiger partial charge in [0.05, 0.1) is 25.4 Å². The maximum absolute atomic E-state index is 14.1. The third-order valence-electron chi connectivity index (χ3n) is 7.04. The van der Waals surface area contributed by atoms with Crippen molar-refractivity contribution in [3.8, 4) is 0 Å². The molecule has 2 N–H and O–H groups in total. The van der Waals surface area contributed by atoms with Crippen molar-refractivity contribution in [1.29, 1.82) is 0 Å². The molecule has 0 heterocycles. The molecule has 1 aliphatic carbocycles. The summed E-state index contributed by atoms with van der Waals surface area (Å²) in [7, 11) is 0. The Morgan fingerprint density at radius 2 is 1.78 bits per heavy atom. The highest BCUT2D eigenvalue weighted by Gasteiger charge is 2.28. The molecule has 2 atom stereocenters. The molecule has 0 aromatic heterocycles. The average molecular weight is 518 g/mol. The van der Waals surface area contributed by atoms with Crippen molar-refractivity contribution < 1.29 is 28.2 Å². The van der Waals surface area contributed by atoms with Crippen LogP contribution in [0.3, 0.4) is 0 Å². The lowest BCUT2D eigenvalue weighted by Gasteiger charge is -2.31. The van der Waals surface area contributed by atoms with Gasteiger partial charge in [0, 0.05) is 18.5 Å². The zero-order valence-electron chi connectivity index (χ0n) is 22.5. The summed E-state index contributed by atoms with van der Waals surface area (Å²) < 4.78 is 39.0. The first-order valence-electron chi connectivity index (χ1n) is 13.4. The predicted molar refractivity (Wildman–Crippen MR) is 140 cm³/mol. The Kier molecular flexibility index (Phi) is 10.6. The first-order chi connectivity index (χ1) is 17.6. The van der Waals surface area contributed by atoms with Gasteiger partial charge >= 0.3 is 5.97 Å². The molecule has 5 nitrogen and oxygen atoms in total. The number of esters is 1. The normalized spacial score (nSPS) is 15.4. The second-order valence-electron chi connectivity index (χ2n) is 10.7. The molecule has 0 saturated heterocycles. The fourth-order valence-electron chi connectivity index (χ4n) is 5.29. The molecule has 0 saturated carbocycles. The Balaban J connectivity index is 1.52. The van der Waals surface area contributed by atoms with Crippen molar-refractivity contribution in [3.63, 3.8) is 0 Å². The van der Waals surface area contributed by atoms with Crippen molar-refractivity contribution in [2.24, 2.45) is 5.92 Å². The van der Waals surface area contributed by atoms with Gasteiger partial charge in [0.1, 0.15) is 0 Å². The maximum Gasteiger partial charge on any atom is 0.306 e. The van der Waals surface area contributed by atoms with Crippen LogP contribution in [-0.2, 0) is 33.5 Å². The molecular weight excluding hydrogens is 476 g/mol. The number of benzene rings is 2. The summed E-state index contributed by atoms with van der Waals surface area (Å²) in [4.78, 5) is 11.8. The second kappa shape index (κ2) is 13.4. The van der Waals surface area contributed by atoms with Crippen LogP contribution in [0.5, 0.6) is 0 Å². The van der Waals surface area contributed by atoms with Crippen molar-refractivity contribution in [3.05, 3.63) is 70.3 Å². The molecule has 2 aromatic carbocycles. The number of nitrogens with one attached hydrogen (secondary N) is 1. The van der Waals surface area contributed by atoms with Gasteiger partial charge in [-0.3, -0.25) is 4.79 Å². The van der Waals surface area contributed by atoms with E-state index < -0.39 is 29.8 Å². The first kappa shape index (κ1) is 29.2. The van der Waals surface area contributed by atoms with Gasteiger partial charge in [-0.25, -0.2) is 8.78 Å². The van der Waals surface area contributed by atoms with E-state index in [2.05, 4.69) is 43.4 Å². The van der Waals surface area contributed by atoms with E-state index in [1.54, 1.807) is 6.92 Å². The molecule has 204 valence electrons. The molecule has 0 bridgehead atoms. The molecular formula is C30H41F2NO4. The second-order valence-corrected chi connectivity index (χ2v) is 10.7. The number of hydrogen-bond donors (Lipinski definition) is 2. The van der Waals surface area contributed by atoms with Crippen LogP contribution in [0.2, 0.25) is 0 Å². The third-order valence-corrected chi connectivity index (χ3v) is 7.04. The van der Waals surface area contributed by atoms with Gasteiger partial charge in [0.25, 0.3) is 0 Å². The lowest BCUT2D eigenvalue weighted by Crippen LogP contribution is -2.45. The van der Waals surface area contributed by atoms with E-state index in [-0.39, 0.29) is 31.6 Å². The summed E-state index contributed by atoms with van der Waals surface area (Å²) >= 11 is 0. The Morgan fingerprint density at radius 1 is 1.14 bits per heavy atom. The predicted octanol–water partition coefficient (Wildman–Crippen LogP) is 5.46. The molecule has 1 aliphatic rings. The molecule has 0 aliphatic heterocycles. The van der Waals surface area contributed by atoms with Crippen LogP contribution in [0.1, 0.15) is 75.3 Å². The van der Waals surface area contributed by atoms with Crippen LogP contribution in [0, 0.1) is 17.6 Å². The van der Waals surface area contributed by atoms with E-state index in [1.165, 1.54) is 11.1 Å². The van der Waals surface area contributed by atoms with Gasteiger partial charge in [-0.1, -0.05) is 31.2 Å². The summed E-state index contributed by atoms with van der Waals surface area (Å²) in [5, 5.41) is 14.1. The van der Waals surface area contributed by atoms with E-state index in [0.29, 0.717) is 30.0 Å². The maximum atomic E-state index is 14.1. The monoisotopic (exact) mass is 517 g/mol. The number of rotatable bonds is 14. The van der Waals surface area contributed by atoms with Crippen LogP contribution >= 0.6 is 0 Å². The Labute approximate surface area is 219 Å². The molecule has 37 heavy (non-hydrogen) atoms. The molecule has 0 radical (unpaired) electrons. The van der Waals surface area contributed by atoms with Crippen molar-refractivity contribution in [1.82, 2.24) is 5.32 Å². The smallest absolute Gasteiger partial charge is 0.306 e. The molecule has 7 heteroatoms. The number of hydrogen-bond acceptors (Lipinski definition) is 5. The number of carbonyl (C=O) groups excluding carboxylic acids is 1. The van der Waals surface area contributed by atoms with E-state index in [0.717, 1.165) is 31.4 Å². The van der Waals surface area contributed by atoms with Crippen LogP contribution in [0.15, 0.2) is 36.4 Å². The Morgan fingerprint density at radius 3 is 2.41 bits per heavy atom. The van der Waals surface area contributed by atoms with Crippen molar-refractivity contribution in [2.75, 3.05) is 19.8 Å². The minimum absolute atomic E-state index is 0.0484. The summed E-state index contributed by atoms with van der Waals surface area (Å²) in [5.41, 5.74) is 3.71. The Bertz CT molecular complexity index is 1020. The zero-order valence-corrected chi connectivity index (χ0v) is 22.5. The van der Waals surface area contributed by atoms with Gasteiger partial charge in [-0.15, -0.1) is 0 Å². The fraction of sp³-hybridized carbons (Fsp3) is 0.567. The summed E-state index contributed by atoms with van der Waals surface area (Å²) in [5.74, 6) is -1.75. The fourth-order valence-corrected chi connectivity index (χ4v) is 5.29. The van der Waals surface area contributed by atoms with Gasteiger partial charge in [-0.05, 0) is 93.2 Å². The largest absolute Gasteiger partial charge is 0.466 e. The van der Waals surface area contributed by atoms with Crippen LogP contribution in [0.25, 0.3) is 0 Å². The minimum atomic E-state index is -0.964. The summed E-state index contributed by atoms with van der Waals surface area (Å²) in [6.07, 6.45) is 2.64. The number of β-amino-alcohol motifs (C(OH)–C–C–N with tert-alkyl or cyclic N) is 1. The standard InChI is InChI=1S/C30H41F2NO4/c1-5-28(25-16-27(32)26(31)15-23(25)11-12-29(35)36-6-2)37-19-24(34)18-33-30(3,4)17-20-13-21-9-7-8-10-22(21)14-20/h7-10,15-16,20,24,28,33-34H,5-6,11-14,17-19H2,1-4H3/t24-,28-/m1/s1. The molecule has 0 spiro atoms. The number of carbonyl (C=O) groups is 1. The topological polar surface area (TPSA) is 67.8 Å². The summed E-state index contributed by atoms with van der Waals surface area (Å²) in [6, 6.07) is 10.9. The van der Waals surface area contributed by atoms with Crippen molar-refractivity contribution in [2.45, 2.75) is 84.0 Å². The van der Waals surface area contributed by atoms with Gasteiger partial charge in [0.2, 0.25) is 0 Å². The zero-order chi connectivity index (χ0) is 27.0. The Hall–Kier alpha value is -2.35. The van der Waals surface area contributed by atoms with Crippen LogP contribution in [0.4, 0.5) is 8.78 Å². The highest BCUT2D eigenvalue weighted by Crippen LogP contribution is 2.32. The molecule has 0 unspecified atom stereocenters. The number of aliphatic hydroxyl groups is 1. The average Bonchev–Trinajstić information content (AvgIpc) is 3.26. The van der Waals surface area contributed by atoms with E-state index in [9.17, 15) is 18.7 Å². The van der Waals surface area contributed by atoms with E-state index in [4.69, 9.17) is 9.47 Å². The quantitative estimate of drug-likeness (QED) is 0.326. The molecule has 0 fully saturated rings. The number of halogens is 2. The number of aliphatic hydroxyl groups excluding tert-OH is 1. The highest BCUT2D eigenvalue weighted by molar-refractivity contribution is 5.69. The lowest BCUT2D eigenvalue weighted by molar-refractivity contribution is -0.143. The van der Waals surface area contributed by atoms with E-state index in [1.807, 2.05) is 6.92 Å². The highest BCUT2D eigenvalue weighted by atomic mass is 19.2. The lowest BCUT2D eigenvalue weighted by atomic mass is 9.88. The number of ether oxygens (including phenoxy) is 2. The molecule has 0 amide bonds. The molecule has 3 rings (SSSR count). The number of aryl methyl sites for hydroxylation is 1.